The predicted molar refractivity (Wildman–Crippen MR) is 106 cm³/mol. The van der Waals surface area contributed by atoms with Gasteiger partial charge in [0.2, 0.25) is 0 Å². The van der Waals surface area contributed by atoms with Gasteiger partial charge in [0.25, 0.3) is 0 Å². The molecule has 1 fully saturated rings. The van der Waals surface area contributed by atoms with Crippen LogP contribution in [0.2, 0.25) is 0 Å². The van der Waals surface area contributed by atoms with Gasteiger partial charge >= 0.3 is 6.18 Å². The molecule has 5 nitrogen and oxygen atoms in total. The molecule has 0 spiro atoms. The number of guanidine groups is 1. The Balaban J connectivity index is 0.00000312. The second kappa shape index (κ2) is 11.2. The highest BCUT2D eigenvalue weighted by Crippen LogP contribution is 2.29. The van der Waals surface area contributed by atoms with Crippen molar-refractivity contribution >= 4 is 41.3 Å². The molecule has 2 heterocycles. The van der Waals surface area contributed by atoms with Crippen molar-refractivity contribution < 1.29 is 13.2 Å². The van der Waals surface area contributed by atoms with E-state index in [2.05, 4.69) is 25.5 Å². The summed E-state index contributed by atoms with van der Waals surface area (Å²) in [5.41, 5.74) is -0.839. The second-order valence-electron chi connectivity index (χ2n) is 5.73. The van der Waals surface area contributed by atoms with Gasteiger partial charge in [0.15, 0.2) is 11.7 Å². The molecule has 1 aliphatic heterocycles. The third-order valence-corrected chi connectivity index (χ3v) is 4.74. The molecule has 0 bridgehead atoms. The highest BCUT2D eigenvalue weighted by atomic mass is 127. The van der Waals surface area contributed by atoms with Crippen molar-refractivity contribution in [3.05, 3.63) is 16.1 Å². The molecule has 2 N–H and O–H groups in total. The van der Waals surface area contributed by atoms with Crippen LogP contribution in [0.5, 0.6) is 0 Å². The maximum Gasteiger partial charge on any atom is 0.434 e. The summed E-state index contributed by atoms with van der Waals surface area (Å²) in [6.07, 6.45) is 0.723. The van der Waals surface area contributed by atoms with Crippen molar-refractivity contribution in [1.82, 2.24) is 20.5 Å². The zero-order valence-corrected chi connectivity index (χ0v) is 17.4. The van der Waals surface area contributed by atoms with Gasteiger partial charge in [0, 0.05) is 25.5 Å². The lowest BCUT2D eigenvalue weighted by atomic mass is 10.2. The molecule has 144 valence electrons. The standard InChI is InChI=1S/C15H24F3N5S.HI/c1-19-14(20-6-9-23-7-4-2-3-5-8-23)21-10-13-22-12(11-24-13)15(16,17)18;/h11H,2-10H2,1H3,(H2,19,20,21);1H. The van der Waals surface area contributed by atoms with Crippen molar-refractivity contribution in [2.24, 2.45) is 4.99 Å². The molecule has 1 aromatic heterocycles. The second-order valence-corrected chi connectivity index (χ2v) is 6.68. The quantitative estimate of drug-likeness (QED) is 0.377. The van der Waals surface area contributed by atoms with E-state index in [-0.39, 0.29) is 30.5 Å². The summed E-state index contributed by atoms with van der Waals surface area (Å²) in [7, 11) is 1.64. The summed E-state index contributed by atoms with van der Waals surface area (Å²) in [6, 6.07) is 0. The average molecular weight is 491 g/mol. The number of hydrogen-bond donors (Lipinski definition) is 2. The minimum atomic E-state index is -4.39. The fourth-order valence-electron chi connectivity index (χ4n) is 2.59. The maximum absolute atomic E-state index is 12.5. The number of rotatable bonds is 5. The van der Waals surface area contributed by atoms with Crippen molar-refractivity contribution in [1.29, 1.82) is 0 Å². The summed E-state index contributed by atoms with van der Waals surface area (Å²) in [4.78, 5) is 10.1. The van der Waals surface area contributed by atoms with Gasteiger partial charge in [0.05, 0.1) is 6.54 Å². The molecular formula is C15H25F3IN5S. The van der Waals surface area contributed by atoms with E-state index < -0.39 is 11.9 Å². The first-order valence-corrected chi connectivity index (χ1v) is 9.05. The number of likely N-dealkylation sites (tertiary alicyclic amines) is 1. The van der Waals surface area contributed by atoms with Crippen LogP contribution >= 0.6 is 35.3 Å². The predicted octanol–water partition coefficient (Wildman–Crippen LogP) is 3.32. The Kier molecular flexibility index (Phi) is 10.0. The Hall–Kier alpha value is -0.620. The van der Waals surface area contributed by atoms with E-state index in [9.17, 15) is 13.2 Å². The smallest absolute Gasteiger partial charge is 0.355 e. The summed E-state index contributed by atoms with van der Waals surface area (Å²) < 4.78 is 37.6. The fourth-order valence-corrected chi connectivity index (χ4v) is 3.33. The van der Waals surface area contributed by atoms with Crippen LogP contribution in [-0.4, -0.2) is 49.1 Å². The number of alkyl halides is 3. The van der Waals surface area contributed by atoms with Crippen LogP contribution in [0.1, 0.15) is 36.4 Å². The van der Waals surface area contributed by atoms with Gasteiger partial charge in [-0.3, -0.25) is 4.99 Å². The molecule has 0 atom stereocenters. The van der Waals surface area contributed by atoms with Gasteiger partial charge in [-0.05, 0) is 25.9 Å². The van der Waals surface area contributed by atoms with E-state index in [0.717, 1.165) is 42.9 Å². The van der Waals surface area contributed by atoms with E-state index in [1.165, 1.54) is 25.7 Å². The lowest BCUT2D eigenvalue weighted by Crippen LogP contribution is -2.41. The monoisotopic (exact) mass is 491 g/mol. The third kappa shape index (κ3) is 8.07. The number of thiazole rings is 1. The number of halogens is 4. The number of aliphatic imine (C=N–C) groups is 1. The maximum atomic E-state index is 12.5. The SMILES string of the molecule is CN=C(NCCN1CCCCCC1)NCc1nc(C(F)(F)F)cs1.I. The largest absolute Gasteiger partial charge is 0.434 e. The van der Waals surface area contributed by atoms with Gasteiger partial charge < -0.3 is 15.5 Å². The summed E-state index contributed by atoms with van der Waals surface area (Å²) in [6.45, 7) is 4.19. The van der Waals surface area contributed by atoms with E-state index in [0.29, 0.717) is 11.0 Å². The zero-order chi connectivity index (χ0) is 17.4. The van der Waals surface area contributed by atoms with Gasteiger partial charge in [-0.15, -0.1) is 35.3 Å². The molecule has 0 aromatic carbocycles. The Morgan fingerprint density at radius 1 is 1.24 bits per heavy atom. The summed E-state index contributed by atoms with van der Waals surface area (Å²) in [5.74, 6) is 0.577. The van der Waals surface area contributed by atoms with Crippen LogP contribution in [0.15, 0.2) is 10.4 Å². The van der Waals surface area contributed by atoms with E-state index in [4.69, 9.17) is 0 Å². The van der Waals surface area contributed by atoms with Crippen LogP contribution in [0, 0.1) is 0 Å². The Labute approximate surface area is 167 Å². The van der Waals surface area contributed by atoms with Crippen molar-refractivity contribution in [2.75, 3.05) is 33.2 Å². The van der Waals surface area contributed by atoms with Gasteiger partial charge in [0.1, 0.15) is 5.01 Å². The third-order valence-electron chi connectivity index (χ3n) is 3.89. The Morgan fingerprint density at radius 3 is 2.48 bits per heavy atom. The lowest BCUT2D eigenvalue weighted by Gasteiger charge is -2.20. The first-order valence-electron chi connectivity index (χ1n) is 8.17. The minimum Gasteiger partial charge on any atom is -0.355 e. The fraction of sp³-hybridized carbons (Fsp3) is 0.733. The van der Waals surface area contributed by atoms with E-state index in [1.54, 1.807) is 7.05 Å². The van der Waals surface area contributed by atoms with Crippen LogP contribution < -0.4 is 10.6 Å². The van der Waals surface area contributed by atoms with Crippen LogP contribution in [-0.2, 0) is 12.7 Å². The van der Waals surface area contributed by atoms with Crippen LogP contribution in [0.25, 0.3) is 0 Å². The average Bonchev–Trinajstić information content (AvgIpc) is 2.88. The Morgan fingerprint density at radius 2 is 1.92 bits per heavy atom. The van der Waals surface area contributed by atoms with Crippen molar-refractivity contribution in [3.63, 3.8) is 0 Å². The summed E-state index contributed by atoms with van der Waals surface area (Å²) in [5, 5.41) is 7.62. The number of hydrogen-bond acceptors (Lipinski definition) is 4. The minimum absolute atomic E-state index is 0. The topological polar surface area (TPSA) is 52.6 Å². The van der Waals surface area contributed by atoms with E-state index >= 15 is 0 Å². The molecule has 10 heteroatoms. The highest BCUT2D eigenvalue weighted by molar-refractivity contribution is 14.0. The summed E-state index contributed by atoms with van der Waals surface area (Å²) >= 11 is 0.993. The van der Waals surface area contributed by atoms with Gasteiger partial charge in [-0.25, -0.2) is 4.98 Å². The Bertz CT molecular complexity index is 527. The zero-order valence-electron chi connectivity index (χ0n) is 14.2. The van der Waals surface area contributed by atoms with Gasteiger partial charge in [-0.2, -0.15) is 13.2 Å². The first-order chi connectivity index (χ1) is 11.5. The first kappa shape index (κ1) is 22.4. The molecule has 1 saturated heterocycles. The molecule has 1 aliphatic rings. The highest BCUT2D eigenvalue weighted by Gasteiger charge is 2.33. The van der Waals surface area contributed by atoms with Crippen molar-refractivity contribution in [3.8, 4) is 0 Å². The number of aromatic nitrogens is 1. The molecule has 0 radical (unpaired) electrons. The normalized spacial score (nSPS) is 16.9. The molecule has 25 heavy (non-hydrogen) atoms. The van der Waals surface area contributed by atoms with Crippen LogP contribution in [0.3, 0.4) is 0 Å². The molecule has 1 aromatic rings. The molecular weight excluding hydrogens is 466 g/mol. The van der Waals surface area contributed by atoms with E-state index in [1.807, 2.05) is 0 Å². The van der Waals surface area contributed by atoms with Crippen molar-refractivity contribution in [2.45, 2.75) is 38.4 Å². The van der Waals surface area contributed by atoms with Crippen LogP contribution in [0.4, 0.5) is 13.2 Å². The molecule has 0 unspecified atom stereocenters. The number of nitrogens with zero attached hydrogens (tertiary/aromatic N) is 3. The molecule has 0 aliphatic carbocycles. The molecule has 2 rings (SSSR count). The molecule has 0 amide bonds. The van der Waals surface area contributed by atoms with Gasteiger partial charge in [-0.1, -0.05) is 12.8 Å². The number of nitrogens with one attached hydrogen (secondary N) is 2. The lowest BCUT2D eigenvalue weighted by molar-refractivity contribution is -0.140. The molecule has 0 saturated carbocycles.